The Hall–Kier alpha value is -2.49. The number of hydrogen-bond acceptors (Lipinski definition) is 4. The molecular formula is C16H21F3N4O3. The molecule has 1 aromatic carbocycles. The minimum atomic E-state index is -4.73. The summed E-state index contributed by atoms with van der Waals surface area (Å²) in [6.07, 6.45) is -4.06. The molecule has 7 nitrogen and oxygen atoms in total. The van der Waals surface area contributed by atoms with E-state index < -0.39 is 12.5 Å². The summed E-state index contributed by atoms with van der Waals surface area (Å²) in [6.45, 7) is 0.283. The fraction of sp³-hybridized carbons (Fsp3) is 0.500. The number of amides is 1. The highest BCUT2D eigenvalue weighted by atomic mass is 19.4. The Morgan fingerprint density at radius 3 is 2.58 bits per heavy atom. The summed E-state index contributed by atoms with van der Waals surface area (Å²) in [7, 11) is 3.34. The molecule has 1 aliphatic rings. The highest BCUT2D eigenvalue weighted by Gasteiger charge is 2.32. The third-order valence-corrected chi connectivity index (χ3v) is 3.65. The first-order valence-corrected chi connectivity index (χ1v) is 7.93. The standard InChI is InChI=1S/C16H21F3N4O3/c1-23(2)14(24)13-8-7-12(25-13)9-21-15(20)22-10-3-5-11(6-4-10)26-16(17,18)19/h3-6,12-13H,7-9H2,1-2H3,(H3,20,21,22). The van der Waals surface area contributed by atoms with Crippen molar-refractivity contribution in [2.45, 2.75) is 31.4 Å². The molecule has 0 saturated carbocycles. The van der Waals surface area contributed by atoms with Gasteiger partial charge in [0, 0.05) is 19.8 Å². The van der Waals surface area contributed by atoms with E-state index >= 15 is 0 Å². The lowest BCUT2D eigenvalue weighted by molar-refractivity contribution is -0.274. The lowest BCUT2D eigenvalue weighted by atomic mass is 10.2. The van der Waals surface area contributed by atoms with E-state index in [0.717, 1.165) is 0 Å². The zero-order valence-corrected chi connectivity index (χ0v) is 14.4. The summed E-state index contributed by atoms with van der Waals surface area (Å²) in [6, 6.07) is 5.11. The van der Waals surface area contributed by atoms with Crippen molar-refractivity contribution in [3.63, 3.8) is 0 Å². The fourth-order valence-electron chi connectivity index (χ4n) is 2.44. The van der Waals surface area contributed by atoms with E-state index in [0.29, 0.717) is 18.5 Å². The number of carbonyl (C=O) groups excluding carboxylic acids is 1. The second kappa shape index (κ2) is 8.26. The Bertz CT molecular complexity index is 647. The van der Waals surface area contributed by atoms with Crippen molar-refractivity contribution in [3.8, 4) is 5.75 Å². The molecule has 26 heavy (non-hydrogen) atoms. The maximum atomic E-state index is 12.1. The van der Waals surface area contributed by atoms with Gasteiger partial charge in [-0.1, -0.05) is 0 Å². The number of aliphatic imine (C=N–C) groups is 1. The first-order valence-electron chi connectivity index (χ1n) is 7.93. The summed E-state index contributed by atoms with van der Waals surface area (Å²) in [5.41, 5.74) is 6.23. The number of benzene rings is 1. The third-order valence-electron chi connectivity index (χ3n) is 3.65. The highest BCUT2D eigenvalue weighted by molar-refractivity contribution is 5.92. The van der Waals surface area contributed by atoms with Gasteiger partial charge in [-0.3, -0.25) is 9.79 Å². The van der Waals surface area contributed by atoms with Crippen LogP contribution in [0, 0.1) is 0 Å². The van der Waals surface area contributed by atoms with E-state index in [-0.39, 0.29) is 30.3 Å². The van der Waals surface area contributed by atoms with E-state index in [1.807, 2.05) is 0 Å². The number of alkyl halides is 3. The first kappa shape index (κ1) is 19.8. The fourth-order valence-corrected chi connectivity index (χ4v) is 2.44. The maximum absolute atomic E-state index is 12.1. The number of carbonyl (C=O) groups is 1. The minimum absolute atomic E-state index is 0.0799. The van der Waals surface area contributed by atoms with Crippen LogP contribution in [0.5, 0.6) is 5.75 Å². The molecule has 1 amide bonds. The van der Waals surface area contributed by atoms with Gasteiger partial charge in [0.2, 0.25) is 0 Å². The molecule has 144 valence electrons. The number of nitrogens with two attached hydrogens (primary N) is 1. The van der Waals surface area contributed by atoms with Gasteiger partial charge < -0.3 is 25.4 Å². The van der Waals surface area contributed by atoms with Crippen molar-refractivity contribution in [3.05, 3.63) is 24.3 Å². The van der Waals surface area contributed by atoms with E-state index in [1.165, 1.54) is 29.2 Å². The number of likely N-dealkylation sites (N-methyl/N-ethyl adjacent to an activating group) is 1. The molecule has 2 rings (SSSR count). The molecule has 1 heterocycles. The van der Waals surface area contributed by atoms with Crippen LogP contribution in [0.4, 0.5) is 18.9 Å². The molecule has 1 aliphatic heterocycles. The van der Waals surface area contributed by atoms with Gasteiger partial charge in [0.15, 0.2) is 5.96 Å². The zero-order valence-electron chi connectivity index (χ0n) is 14.4. The lowest BCUT2D eigenvalue weighted by Crippen LogP contribution is -2.34. The predicted octanol–water partition coefficient (Wildman–Crippen LogP) is 1.95. The molecule has 10 heteroatoms. The second-order valence-corrected chi connectivity index (χ2v) is 5.98. The van der Waals surface area contributed by atoms with Crippen molar-refractivity contribution in [2.75, 3.05) is 26.0 Å². The predicted molar refractivity (Wildman–Crippen MR) is 89.8 cm³/mol. The molecule has 3 N–H and O–H groups in total. The van der Waals surface area contributed by atoms with Gasteiger partial charge in [-0.05, 0) is 37.1 Å². The number of ether oxygens (including phenoxy) is 2. The number of anilines is 1. The van der Waals surface area contributed by atoms with Gasteiger partial charge in [0.25, 0.3) is 5.91 Å². The van der Waals surface area contributed by atoms with Gasteiger partial charge in [0.05, 0.1) is 12.6 Å². The molecule has 0 spiro atoms. The van der Waals surface area contributed by atoms with Gasteiger partial charge in [0.1, 0.15) is 11.9 Å². The number of hydrogen-bond donors (Lipinski definition) is 2. The molecule has 2 unspecified atom stereocenters. The average Bonchev–Trinajstić information content (AvgIpc) is 3.01. The van der Waals surface area contributed by atoms with Crippen LogP contribution in [-0.2, 0) is 9.53 Å². The number of halogens is 3. The monoisotopic (exact) mass is 374 g/mol. The number of rotatable bonds is 5. The molecule has 1 aromatic rings. The third kappa shape index (κ3) is 6.10. The van der Waals surface area contributed by atoms with Crippen LogP contribution >= 0.6 is 0 Å². The molecule has 2 atom stereocenters. The van der Waals surface area contributed by atoms with Crippen molar-refractivity contribution >= 4 is 17.6 Å². The molecule has 0 radical (unpaired) electrons. The van der Waals surface area contributed by atoms with Crippen molar-refractivity contribution in [2.24, 2.45) is 10.7 Å². The van der Waals surface area contributed by atoms with E-state index in [9.17, 15) is 18.0 Å². The SMILES string of the molecule is CN(C)C(=O)C1CCC(CN=C(N)Nc2ccc(OC(F)(F)F)cc2)O1. The number of nitrogens with zero attached hydrogens (tertiary/aromatic N) is 2. The zero-order chi connectivity index (χ0) is 19.3. The van der Waals surface area contributed by atoms with Crippen LogP contribution in [-0.4, -0.2) is 56.0 Å². The van der Waals surface area contributed by atoms with E-state index in [4.69, 9.17) is 10.5 Å². The van der Waals surface area contributed by atoms with E-state index in [2.05, 4.69) is 15.0 Å². The van der Waals surface area contributed by atoms with E-state index in [1.54, 1.807) is 14.1 Å². The van der Waals surface area contributed by atoms with Crippen LogP contribution in [0.2, 0.25) is 0 Å². The second-order valence-electron chi connectivity index (χ2n) is 5.98. The van der Waals surface area contributed by atoms with Crippen LogP contribution < -0.4 is 15.8 Å². The van der Waals surface area contributed by atoms with Crippen LogP contribution in [0.25, 0.3) is 0 Å². The van der Waals surface area contributed by atoms with Crippen molar-refractivity contribution < 1.29 is 27.4 Å². The summed E-state index contributed by atoms with van der Waals surface area (Å²) in [5.74, 6) is -0.307. The summed E-state index contributed by atoms with van der Waals surface area (Å²) in [4.78, 5) is 17.5. The Morgan fingerprint density at radius 1 is 1.35 bits per heavy atom. The van der Waals surface area contributed by atoms with Gasteiger partial charge in [-0.25, -0.2) is 0 Å². The van der Waals surface area contributed by atoms with Gasteiger partial charge in [-0.2, -0.15) is 0 Å². The van der Waals surface area contributed by atoms with Crippen LogP contribution in [0.15, 0.2) is 29.3 Å². The summed E-state index contributed by atoms with van der Waals surface area (Å²) >= 11 is 0. The smallest absolute Gasteiger partial charge is 0.406 e. The summed E-state index contributed by atoms with van der Waals surface area (Å²) < 4.78 is 45.8. The number of nitrogens with one attached hydrogen (secondary N) is 1. The molecule has 0 aromatic heterocycles. The normalized spacial score (nSPS) is 20.7. The van der Waals surface area contributed by atoms with Crippen LogP contribution in [0.3, 0.4) is 0 Å². The van der Waals surface area contributed by atoms with Gasteiger partial charge in [-0.15, -0.1) is 13.2 Å². The maximum Gasteiger partial charge on any atom is 0.573 e. The summed E-state index contributed by atoms with van der Waals surface area (Å²) in [5, 5.41) is 2.77. The largest absolute Gasteiger partial charge is 0.573 e. The van der Waals surface area contributed by atoms with Crippen molar-refractivity contribution in [1.29, 1.82) is 0 Å². The lowest BCUT2D eigenvalue weighted by Gasteiger charge is -2.16. The molecular weight excluding hydrogens is 353 g/mol. The molecule has 1 fully saturated rings. The Balaban J connectivity index is 1.82. The van der Waals surface area contributed by atoms with Crippen LogP contribution in [0.1, 0.15) is 12.8 Å². The molecule has 1 saturated heterocycles. The average molecular weight is 374 g/mol. The quantitative estimate of drug-likeness (QED) is 0.607. The number of guanidine groups is 1. The first-order chi connectivity index (χ1) is 12.1. The molecule has 0 aliphatic carbocycles. The topological polar surface area (TPSA) is 89.2 Å². The van der Waals surface area contributed by atoms with Gasteiger partial charge >= 0.3 is 6.36 Å². The molecule has 0 bridgehead atoms. The Kier molecular flexibility index (Phi) is 6.30. The Labute approximate surface area is 149 Å². The Morgan fingerprint density at radius 2 is 2.00 bits per heavy atom. The highest BCUT2D eigenvalue weighted by Crippen LogP contribution is 2.24. The van der Waals surface area contributed by atoms with Crippen molar-refractivity contribution in [1.82, 2.24) is 4.90 Å². The minimum Gasteiger partial charge on any atom is -0.406 e.